The van der Waals surface area contributed by atoms with E-state index < -0.39 is 134 Å². The summed E-state index contributed by atoms with van der Waals surface area (Å²) in [7, 11) is 0. The van der Waals surface area contributed by atoms with Gasteiger partial charge in [0.1, 0.15) is 67.7 Å². The van der Waals surface area contributed by atoms with Gasteiger partial charge in [-0.25, -0.2) is 68.8 Å². The highest BCUT2D eigenvalue weighted by atomic mass is 16.8. The summed E-state index contributed by atoms with van der Waals surface area (Å²) in [6, 6.07) is 26.1. The number of nitrogens with one attached hydrogen (secondary N) is 6. The molecule has 11 fully saturated rings. The van der Waals surface area contributed by atoms with Crippen LogP contribution in [0.3, 0.4) is 0 Å². The molecule has 0 radical (unpaired) electrons. The SMILES string of the molecule is CCNC(=O)Nc1ncnc2c1ncn2C1OC(C(=O)N2CC[C@H](C(=O)O)C2)C2O[C@H](c3ccccc3)OC21.CCOC(=O)[C@@H]1CCCN1C(=O)C1OC(n2cnc3c(NC(=O)NC4CC4)ncnc32)C2O[C@@H](c3ccccc3)OC12.CCOC(=O)[C@H]1CCCN1C(=O)C1OC(n2cnc3c(NC(=O)NC4CC4)ncnc32)C2O[C@@H](c3ccccc3)OC12. The van der Waals surface area contributed by atoms with Gasteiger partial charge in [-0.15, -0.1) is 0 Å². The van der Waals surface area contributed by atoms with Crippen molar-refractivity contribution in [3.63, 3.8) is 0 Å². The smallest absolute Gasteiger partial charge is 0.328 e. The molecule has 9 amide bonds. The average Bonchev–Trinajstić information content (AvgIpc) is 1.59. The Hall–Kier alpha value is -12.4. The first-order valence-electron chi connectivity index (χ1n) is 41.2. The van der Waals surface area contributed by atoms with Crippen LogP contribution in [-0.4, -0.2) is 257 Å². The van der Waals surface area contributed by atoms with Crippen molar-refractivity contribution in [2.75, 3.05) is 61.9 Å². The van der Waals surface area contributed by atoms with E-state index in [2.05, 4.69) is 76.8 Å². The molecule has 9 aromatic rings. The molecule has 644 valence electrons. The summed E-state index contributed by atoms with van der Waals surface area (Å²) in [5.41, 5.74) is 4.59. The number of fused-ring (bicyclic) bond motifs is 6. The second kappa shape index (κ2) is 35.2. The van der Waals surface area contributed by atoms with E-state index in [-0.39, 0.29) is 79.1 Å². The van der Waals surface area contributed by atoms with E-state index in [0.717, 1.165) is 42.4 Å². The first-order chi connectivity index (χ1) is 60.0. The first-order valence-corrected chi connectivity index (χ1v) is 41.2. The summed E-state index contributed by atoms with van der Waals surface area (Å²) < 4.78 is 72.4. The number of anilines is 3. The molecule has 6 aromatic heterocycles. The molecule has 9 saturated heterocycles. The predicted octanol–water partition coefficient (Wildman–Crippen LogP) is 5.37. The average molecular weight is 1690 g/mol. The predicted molar refractivity (Wildman–Crippen MR) is 423 cm³/mol. The van der Waals surface area contributed by atoms with Crippen LogP contribution in [-0.2, 0) is 80.9 Å². The van der Waals surface area contributed by atoms with Gasteiger partial charge in [0.05, 0.1) is 38.1 Å². The monoisotopic (exact) mass is 1690 g/mol. The molecular formula is C81H89N21O21. The van der Waals surface area contributed by atoms with Gasteiger partial charge in [-0.1, -0.05) is 91.0 Å². The first kappa shape index (κ1) is 81.6. The number of esters is 2. The number of hydrogen-bond donors (Lipinski definition) is 7. The molecule has 20 rings (SSSR count). The minimum absolute atomic E-state index is 0.106. The van der Waals surface area contributed by atoms with E-state index in [1.165, 1.54) is 52.7 Å². The van der Waals surface area contributed by atoms with E-state index in [4.69, 9.17) is 52.1 Å². The van der Waals surface area contributed by atoms with Crippen LogP contribution in [0.1, 0.15) is 133 Å². The van der Waals surface area contributed by atoms with Gasteiger partial charge in [-0.2, -0.15) is 0 Å². The van der Waals surface area contributed by atoms with Crippen LogP contribution in [0.2, 0.25) is 0 Å². The van der Waals surface area contributed by atoms with Crippen molar-refractivity contribution in [1.29, 1.82) is 0 Å². The quantitative estimate of drug-likeness (QED) is 0.0471. The van der Waals surface area contributed by atoms with Gasteiger partial charge in [0.15, 0.2) is 107 Å². The molecule has 42 heteroatoms. The lowest BCUT2D eigenvalue weighted by Gasteiger charge is -2.27. The minimum Gasteiger partial charge on any atom is -0.481 e. The number of urea groups is 3. The van der Waals surface area contributed by atoms with Gasteiger partial charge in [-0.3, -0.25) is 48.8 Å². The summed E-state index contributed by atoms with van der Waals surface area (Å²) in [6.45, 7) is 7.41. The van der Waals surface area contributed by atoms with Crippen LogP contribution >= 0.6 is 0 Å². The molecule has 3 aromatic carbocycles. The number of rotatable bonds is 20. The second-order valence-corrected chi connectivity index (χ2v) is 31.0. The van der Waals surface area contributed by atoms with Crippen LogP contribution in [0, 0.1) is 5.92 Å². The Bertz CT molecular complexity index is 5210. The summed E-state index contributed by atoms with van der Waals surface area (Å²) in [5, 5.41) is 25.9. The molecule has 9 aliphatic heterocycles. The molecular weight excluding hydrogens is 1600 g/mol. The number of amides is 9. The van der Waals surface area contributed by atoms with Crippen molar-refractivity contribution in [3.05, 3.63) is 146 Å². The molecule has 18 atom stereocenters. The number of nitrogens with zero attached hydrogens (tertiary/aromatic N) is 15. The van der Waals surface area contributed by atoms with Crippen molar-refractivity contribution < 1.29 is 100 Å². The highest BCUT2D eigenvalue weighted by Gasteiger charge is 2.62. The fourth-order valence-electron chi connectivity index (χ4n) is 16.8. The van der Waals surface area contributed by atoms with Crippen molar-refractivity contribution in [3.8, 4) is 0 Å². The van der Waals surface area contributed by atoms with Crippen LogP contribution in [0.5, 0.6) is 0 Å². The Morgan fingerprint density at radius 3 is 1.11 bits per heavy atom. The summed E-state index contributed by atoms with van der Waals surface area (Å²) >= 11 is 0. The van der Waals surface area contributed by atoms with Crippen LogP contribution in [0.4, 0.5) is 31.8 Å². The van der Waals surface area contributed by atoms with E-state index in [9.17, 15) is 48.3 Å². The van der Waals surface area contributed by atoms with Gasteiger partial charge in [0.2, 0.25) is 0 Å². The van der Waals surface area contributed by atoms with Gasteiger partial charge in [0.25, 0.3) is 17.7 Å². The minimum atomic E-state index is -1.05. The number of likely N-dealkylation sites (tertiary alicyclic amines) is 3. The van der Waals surface area contributed by atoms with Gasteiger partial charge in [-0.05, 0) is 78.6 Å². The lowest BCUT2D eigenvalue weighted by molar-refractivity contribution is -0.172. The maximum absolute atomic E-state index is 14.0. The van der Waals surface area contributed by atoms with Gasteiger partial charge < -0.3 is 87.9 Å². The van der Waals surface area contributed by atoms with Gasteiger partial charge in [0, 0.05) is 61.5 Å². The van der Waals surface area contributed by atoms with Crippen LogP contribution < -0.4 is 31.9 Å². The number of carbonyl (C=O) groups is 9. The zero-order valence-corrected chi connectivity index (χ0v) is 66.8. The maximum Gasteiger partial charge on any atom is 0.328 e. The lowest BCUT2D eigenvalue weighted by Crippen LogP contribution is -2.49. The Kier molecular flexibility index (Phi) is 23.3. The third-order valence-corrected chi connectivity index (χ3v) is 23.0. The summed E-state index contributed by atoms with van der Waals surface area (Å²) in [4.78, 5) is 159. The number of carboxylic acids is 1. The lowest BCUT2D eigenvalue weighted by atomic mass is 10.1. The number of aliphatic carboxylic acids is 1. The van der Waals surface area contributed by atoms with E-state index in [1.54, 1.807) is 34.5 Å². The topological polar surface area (TPSA) is 488 Å². The van der Waals surface area contributed by atoms with E-state index >= 15 is 0 Å². The molecule has 2 aliphatic carbocycles. The van der Waals surface area contributed by atoms with Crippen LogP contribution in [0.15, 0.2) is 129 Å². The molecule has 7 N–H and O–H groups in total. The molecule has 0 spiro atoms. The summed E-state index contributed by atoms with van der Waals surface area (Å²) in [5.74, 6) is -2.77. The third kappa shape index (κ3) is 16.6. The van der Waals surface area contributed by atoms with E-state index in [1.807, 2.05) is 91.0 Å². The van der Waals surface area contributed by atoms with Crippen LogP contribution in [0.25, 0.3) is 33.5 Å². The Morgan fingerprint density at radius 2 is 0.772 bits per heavy atom. The fourth-order valence-corrected chi connectivity index (χ4v) is 16.8. The largest absolute Gasteiger partial charge is 0.481 e. The molecule has 11 aliphatic rings. The van der Waals surface area contributed by atoms with Crippen molar-refractivity contribution in [2.45, 2.75) is 195 Å². The van der Waals surface area contributed by atoms with Gasteiger partial charge >= 0.3 is 36.0 Å². The van der Waals surface area contributed by atoms with Crippen molar-refractivity contribution in [1.82, 2.24) is 89.2 Å². The molecule has 12 unspecified atom stereocenters. The molecule has 123 heavy (non-hydrogen) atoms. The molecule has 15 heterocycles. The standard InChI is InChI=1S/2C28H31N7O7.C25H27N7O7/c2*1-2-39-26(37)17-9-6-12-34(17)24(36)20-19-21(42-27(41-19)15-7-4-3-5-8-15)25(40-20)35-14-31-18-22(29-13-30-23(18)35)33-28(38)32-16-10-11-16;1-2-26-25(36)30-19-15-20(28-11-27-19)32(12-29-15)22-18-16(38-24(39-18)13-6-4-3-5-7-13)17(37-22)21(33)31-9-8-14(10-31)23(34)35/h2*3-5,7-8,13-14,16-17,19-21,25,27H,2,6,9-12H2,1H3,(H2,29,30,32,33,38);3-7,11-12,14,16-18,22,24H,2,8-10H2,1H3,(H,34,35)(H2,26,27,28,30,36)/t17-,19?,20?,21?,25?,27+;17-,19?,20?,21?,25?,27-;14-,16?,17?,18?,22?,24-/m100/s1. The zero-order valence-electron chi connectivity index (χ0n) is 66.8. The second-order valence-electron chi connectivity index (χ2n) is 31.0. The number of hydrogen-bond acceptors (Lipinski definition) is 29. The number of ether oxygens (including phenoxy) is 11. The molecule has 0 bridgehead atoms. The van der Waals surface area contributed by atoms with Crippen molar-refractivity contribution in [2.24, 2.45) is 5.92 Å². The van der Waals surface area contributed by atoms with Crippen molar-refractivity contribution >= 4 is 105 Å². The number of benzene rings is 3. The third-order valence-electron chi connectivity index (χ3n) is 23.0. The summed E-state index contributed by atoms with van der Waals surface area (Å²) in [6.07, 6.45) is 2.84. The highest BCUT2D eigenvalue weighted by Crippen LogP contribution is 2.50. The van der Waals surface area contributed by atoms with E-state index in [0.29, 0.717) is 91.8 Å². The zero-order chi connectivity index (χ0) is 84.7. The number of imidazole rings is 3. The Morgan fingerprint density at radius 1 is 0.415 bits per heavy atom. The molecule has 2 saturated carbocycles. The number of carbonyl (C=O) groups excluding carboxylic acids is 8. The normalized spacial score (nSPS) is 28.4. The number of aromatic nitrogens is 12. The molecule has 42 nitrogen and oxygen atoms in total. The fraction of sp³-hybridized carbons (Fsp3) is 0.481. The highest BCUT2D eigenvalue weighted by molar-refractivity contribution is 5.98. The maximum atomic E-state index is 14.0. The Balaban J connectivity index is 0.000000126. The Labute approximate surface area is 700 Å². The number of carboxylic acid groups (broad SMARTS) is 1.